The molecule has 1 atom stereocenters. The van der Waals surface area contributed by atoms with E-state index in [-0.39, 0.29) is 11.9 Å². The van der Waals surface area contributed by atoms with Gasteiger partial charge in [-0.25, -0.2) is 4.98 Å². The maximum atomic E-state index is 12.9. The summed E-state index contributed by atoms with van der Waals surface area (Å²) >= 11 is 0. The van der Waals surface area contributed by atoms with E-state index in [0.717, 1.165) is 23.6 Å². The third-order valence-corrected chi connectivity index (χ3v) is 5.16. The Hall–Kier alpha value is -2.77. The molecule has 0 aliphatic carbocycles. The van der Waals surface area contributed by atoms with Crippen LogP contribution in [0.1, 0.15) is 12.5 Å². The average Bonchev–Trinajstić information content (AvgIpc) is 2.66. The van der Waals surface area contributed by atoms with Gasteiger partial charge in [-0.2, -0.15) is 13.2 Å². The molecule has 5 nitrogen and oxygen atoms in total. The highest BCUT2D eigenvalue weighted by molar-refractivity contribution is 5.78. The molecule has 3 heterocycles. The van der Waals surface area contributed by atoms with Gasteiger partial charge in [-0.15, -0.1) is 0 Å². The molecule has 2 aliphatic rings. The standard InChI is InChI=1S/C19H19F3N4O/c1-13(27)24-9-10-25-16(11-24)12-26(17-3-2-8-23-18(17)25)15-6-4-14(5-7-15)19(20,21)22/h2-8,16H,9-12H2,1H3/t16-/m0/s1. The molecule has 1 saturated heterocycles. The lowest BCUT2D eigenvalue weighted by Crippen LogP contribution is -2.60. The summed E-state index contributed by atoms with van der Waals surface area (Å²) < 4.78 is 38.6. The highest BCUT2D eigenvalue weighted by Gasteiger charge is 2.37. The third-order valence-electron chi connectivity index (χ3n) is 5.16. The second kappa shape index (κ2) is 6.44. The molecule has 27 heavy (non-hydrogen) atoms. The molecule has 2 aliphatic heterocycles. The first-order valence-electron chi connectivity index (χ1n) is 8.76. The zero-order valence-electron chi connectivity index (χ0n) is 14.8. The molecule has 1 aromatic carbocycles. The van der Waals surface area contributed by atoms with Gasteiger partial charge >= 0.3 is 6.18 Å². The van der Waals surface area contributed by atoms with Crippen molar-refractivity contribution in [1.82, 2.24) is 9.88 Å². The number of pyridine rings is 1. The monoisotopic (exact) mass is 376 g/mol. The van der Waals surface area contributed by atoms with Gasteiger partial charge in [0.15, 0.2) is 5.82 Å². The highest BCUT2D eigenvalue weighted by atomic mass is 19.4. The Balaban J connectivity index is 1.69. The Labute approximate surface area is 155 Å². The van der Waals surface area contributed by atoms with E-state index < -0.39 is 11.7 Å². The lowest BCUT2D eigenvalue weighted by atomic mass is 10.0. The lowest BCUT2D eigenvalue weighted by Gasteiger charge is -2.48. The van der Waals surface area contributed by atoms with Crippen molar-refractivity contribution in [3.8, 4) is 0 Å². The minimum atomic E-state index is -4.36. The average molecular weight is 376 g/mol. The van der Waals surface area contributed by atoms with Crippen LogP contribution in [0, 0.1) is 0 Å². The van der Waals surface area contributed by atoms with Crippen LogP contribution in [0.2, 0.25) is 0 Å². The molecule has 2 aromatic rings. The van der Waals surface area contributed by atoms with E-state index in [2.05, 4.69) is 9.88 Å². The fraction of sp³-hybridized carbons (Fsp3) is 0.368. The molecule has 1 fully saturated rings. The van der Waals surface area contributed by atoms with Crippen LogP contribution in [0.4, 0.5) is 30.4 Å². The largest absolute Gasteiger partial charge is 0.416 e. The lowest BCUT2D eigenvalue weighted by molar-refractivity contribution is -0.137. The second-order valence-electron chi connectivity index (χ2n) is 6.81. The van der Waals surface area contributed by atoms with Crippen LogP contribution in [0.25, 0.3) is 0 Å². The number of benzene rings is 1. The molecular formula is C19H19F3N4O. The van der Waals surface area contributed by atoms with Gasteiger partial charge in [-0.05, 0) is 36.4 Å². The van der Waals surface area contributed by atoms with Crippen molar-refractivity contribution in [2.24, 2.45) is 0 Å². The van der Waals surface area contributed by atoms with Crippen molar-refractivity contribution >= 4 is 23.1 Å². The number of nitrogens with zero attached hydrogens (tertiary/aromatic N) is 4. The highest BCUT2D eigenvalue weighted by Crippen LogP contribution is 2.40. The summed E-state index contributed by atoms with van der Waals surface area (Å²) in [7, 11) is 0. The Kier molecular flexibility index (Phi) is 4.20. The number of rotatable bonds is 1. The van der Waals surface area contributed by atoms with E-state index in [1.807, 2.05) is 17.0 Å². The van der Waals surface area contributed by atoms with Crippen molar-refractivity contribution in [3.63, 3.8) is 0 Å². The first-order valence-corrected chi connectivity index (χ1v) is 8.76. The summed E-state index contributed by atoms with van der Waals surface area (Å²) in [6.07, 6.45) is -2.65. The van der Waals surface area contributed by atoms with E-state index in [1.54, 1.807) is 18.0 Å². The summed E-state index contributed by atoms with van der Waals surface area (Å²) in [6, 6.07) is 8.95. The second-order valence-corrected chi connectivity index (χ2v) is 6.81. The van der Waals surface area contributed by atoms with Gasteiger partial charge in [-0.1, -0.05) is 0 Å². The van der Waals surface area contributed by atoms with Crippen LogP contribution < -0.4 is 9.80 Å². The van der Waals surface area contributed by atoms with Gasteiger partial charge < -0.3 is 14.7 Å². The quantitative estimate of drug-likeness (QED) is 0.766. The van der Waals surface area contributed by atoms with Gasteiger partial charge in [0.1, 0.15) is 0 Å². The predicted molar refractivity (Wildman–Crippen MR) is 96.1 cm³/mol. The van der Waals surface area contributed by atoms with Crippen LogP contribution in [-0.2, 0) is 11.0 Å². The zero-order chi connectivity index (χ0) is 19.2. The molecule has 4 rings (SSSR count). The number of hydrogen-bond acceptors (Lipinski definition) is 4. The smallest absolute Gasteiger partial charge is 0.347 e. The first-order chi connectivity index (χ1) is 12.8. The third kappa shape index (κ3) is 3.20. The summed E-state index contributed by atoms with van der Waals surface area (Å²) in [5.74, 6) is 0.833. The van der Waals surface area contributed by atoms with Crippen LogP contribution >= 0.6 is 0 Å². The number of aromatic nitrogens is 1. The molecule has 0 saturated carbocycles. The van der Waals surface area contributed by atoms with E-state index in [0.29, 0.717) is 31.9 Å². The van der Waals surface area contributed by atoms with Crippen LogP contribution in [0.3, 0.4) is 0 Å². The van der Waals surface area contributed by atoms with Gasteiger partial charge in [0.05, 0.1) is 17.3 Å². The van der Waals surface area contributed by atoms with Crippen molar-refractivity contribution < 1.29 is 18.0 Å². The number of halogens is 3. The summed E-state index contributed by atoms with van der Waals surface area (Å²) in [5.41, 5.74) is 0.873. The van der Waals surface area contributed by atoms with Crippen LogP contribution in [0.5, 0.6) is 0 Å². The van der Waals surface area contributed by atoms with Crippen molar-refractivity contribution in [2.75, 3.05) is 36.0 Å². The Morgan fingerprint density at radius 2 is 1.85 bits per heavy atom. The van der Waals surface area contributed by atoms with Crippen molar-refractivity contribution in [1.29, 1.82) is 0 Å². The number of alkyl halides is 3. The van der Waals surface area contributed by atoms with Crippen molar-refractivity contribution in [2.45, 2.75) is 19.1 Å². The SMILES string of the molecule is CC(=O)N1CCN2c3ncccc3N(c3ccc(C(F)(F)F)cc3)C[C@@H]2C1. The number of piperazine rings is 1. The maximum Gasteiger partial charge on any atom is 0.416 e. The molecule has 0 N–H and O–H groups in total. The predicted octanol–water partition coefficient (Wildman–Crippen LogP) is 3.29. The van der Waals surface area contributed by atoms with Gasteiger partial charge in [0.2, 0.25) is 5.91 Å². The number of hydrogen-bond donors (Lipinski definition) is 0. The van der Waals surface area contributed by atoms with E-state index in [9.17, 15) is 18.0 Å². The first kappa shape index (κ1) is 17.6. The zero-order valence-corrected chi connectivity index (χ0v) is 14.8. The topological polar surface area (TPSA) is 39.7 Å². The Morgan fingerprint density at radius 1 is 1.11 bits per heavy atom. The Bertz CT molecular complexity index is 853. The summed E-state index contributed by atoms with van der Waals surface area (Å²) in [6.45, 7) is 4.03. The fourth-order valence-corrected chi connectivity index (χ4v) is 3.78. The fourth-order valence-electron chi connectivity index (χ4n) is 3.78. The molecular weight excluding hydrogens is 357 g/mol. The summed E-state index contributed by atoms with van der Waals surface area (Å²) in [4.78, 5) is 22.3. The van der Waals surface area contributed by atoms with Crippen LogP contribution in [0.15, 0.2) is 42.6 Å². The molecule has 0 spiro atoms. The number of fused-ring (bicyclic) bond motifs is 3. The maximum absolute atomic E-state index is 12.9. The minimum Gasteiger partial charge on any atom is -0.347 e. The molecule has 8 heteroatoms. The van der Waals surface area contributed by atoms with Gasteiger partial charge in [0, 0.05) is 45.0 Å². The number of amides is 1. The van der Waals surface area contributed by atoms with E-state index in [4.69, 9.17) is 0 Å². The Morgan fingerprint density at radius 3 is 2.52 bits per heavy atom. The normalized spacial score (nSPS) is 19.6. The molecule has 0 bridgehead atoms. The number of carbonyl (C=O) groups excluding carboxylic acids is 1. The van der Waals surface area contributed by atoms with Crippen molar-refractivity contribution in [3.05, 3.63) is 48.2 Å². The molecule has 1 amide bonds. The van der Waals surface area contributed by atoms with Gasteiger partial charge in [-0.3, -0.25) is 4.79 Å². The molecule has 0 radical (unpaired) electrons. The minimum absolute atomic E-state index is 0.0301. The number of anilines is 3. The number of carbonyl (C=O) groups is 1. The molecule has 142 valence electrons. The molecule has 0 unspecified atom stereocenters. The van der Waals surface area contributed by atoms with E-state index in [1.165, 1.54) is 12.1 Å². The van der Waals surface area contributed by atoms with Gasteiger partial charge in [0.25, 0.3) is 0 Å². The molecule has 1 aromatic heterocycles. The summed E-state index contributed by atoms with van der Waals surface area (Å²) in [5, 5.41) is 0. The van der Waals surface area contributed by atoms with Crippen LogP contribution in [-0.4, -0.2) is 48.0 Å². The van der Waals surface area contributed by atoms with E-state index >= 15 is 0 Å².